The predicted octanol–water partition coefficient (Wildman–Crippen LogP) is 0.592. The molecule has 0 bridgehead atoms. The molecule has 0 spiro atoms. The molecule has 3 nitrogen and oxygen atoms in total. The Balaban J connectivity index is 2.31. The first-order valence-corrected chi connectivity index (χ1v) is 4.33. The highest BCUT2D eigenvalue weighted by molar-refractivity contribution is 5.80. The standard InChI is InChI=1S/C9H15NO2/c1-7(11)9(12)10-8-5-3-2-4-6-8/h2-3,7-8,11H,4-6H2,1H3,(H,10,12)/t7-,8?/m1/s1. The fourth-order valence-electron chi connectivity index (χ4n) is 1.25. The van der Waals surface area contributed by atoms with E-state index in [1.165, 1.54) is 6.92 Å². The summed E-state index contributed by atoms with van der Waals surface area (Å²) < 4.78 is 0. The Kier molecular flexibility index (Phi) is 3.29. The van der Waals surface area contributed by atoms with Crippen molar-refractivity contribution in [3.63, 3.8) is 0 Å². The zero-order valence-electron chi connectivity index (χ0n) is 7.29. The van der Waals surface area contributed by atoms with E-state index in [4.69, 9.17) is 5.11 Å². The number of amides is 1. The third-order valence-electron chi connectivity index (χ3n) is 1.99. The molecule has 0 saturated carbocycles. The maximum absolute atomic E-state index is 11.0. The number of hydrogen-bond donors (Lipinski definition) is 2. The van der Waals surface area contributed by atoms with Crippen molar-refractivity contribution >= 4 is 5.91 Å². The Labute approximate surface area is 72.5 Å². The summed E-state index contributed by atoms with van der Waals surface area (Å²) in [4.78, 5) is 11.0. The van der Waals surface area contributed by atoms with Gasteiger partial charge in [0.05, 0.1) is 0 Å². The first-order valence-electron chi connectivity index (χ1n) is 4.33. The molecule has 0 aromatic heterocycles. The second-order valence-corrected chi connectivity index (χ2v) is 3.17. The van der Waals surface area contributed by atoms with Crippen LogP contribution in [0.4, 0.5) is 0 Å². The normalized spacial score (nSPS) is 25.0. The topological polar surface area (TPSA) is 49.3 Å². The fourth-order valence-corrected chi connectivity index (χ4v) is 1.25. The van der Waals surface area contributed by atoms with Gasteiger partial charge in [-0.2, -0.15) is 0 Å². The molecule has 0 saturated heterocycles. The molecule has 1 aliphatic carbocycles. The van der Waals surface area contributed by atoms with Gasteiger partial charge in [0.15, 0.2) is 0 Å². The summed E-state index contributed by atoms with van der Waals surface area (Å²) >= 11 is 0. The van der Waals surface area contributed by atoms with E-state index in [9.17, 15) is 4.79 Å². The smallest absolute Gasteiger partial charge is 0.248 e. The summed E-state index contributed by atoms with van der Waals surface area (Å²) in [6.45, 7) is 1.48. The van der Waals surface area contributed by atoms with Gasteiger partial charge in [-0.25, -0.2) is 0 Å². The minimum atomic E-state index is -0.893. The van der Waals surface area contributed by atoms with Crippen molar-refractivity contribution in [3.8, 4) is 0 Å². The van der Waals surface area contributed by atoms with E-state index in [2.05, 4.69) is 17.5 Å². The molecule has 2 N–H and O–H groups in total. The summed E-state index contributed by atoms with van der Waals surface area (Å²) in [6, 6.07) is 0.220. The maximum atomic E-state index is 11.0. The van der Waals surface area contributed by atoms with Crippen LogP contribution in [0.1, 0.15) is 26.2 Å². The molecular formula is C9H15NO2. The molecule has 12 heavy (non-hydrogen) atoms. The summed E-state index contributed by atoms with van der Waals surface area (Å²) in [5.74, 6) is -0.268. The quantitative estimate of drug-likeness (QED) is 0.594. The van der Waals surface area contributed by atoms with Gasteiger partial charge in [0.25, 0.3) is 0 Å². The third kappa shape index (κ3) is 2.66. The van der Waals surface area contributed by atoms with E-state index >= 15 is 0 Å². The molecule has 68 valence electrons. The van der Waals surface area contributed by atoms with Gasteiger partial charge in [-0.05, 0) is 26.2 Å². The van der Waals surface area contributed by atoms with Crippen molar-refractivity contribution in [1.82, 2.24) is 5.32 Å². The zero-order chi connectivity index (χ0) is 8.97. The van der Waals surface area contributed by atoms with Crippen molar-refractivity contribution in [3.05, 3.63) is 12.2 Å². The van der Waals surface area contributed by atoms with Crippen LogP contribution in [-0.2, 0) is 4.79 Å². The molecule has 0 heterocycles. The van der Waals surface area contributed by atoms with Gasteiger partial charge >= 0.3 is 0 Å². The lowest BCUT2D eigenvalue weighted by molar-refractivity contribution is -0.129. The lowest BCUT2D eigenvalue weighted by Gasteiger charge is -2.19. The predicted molar refractivity (Wildman–Crippen MR) is 46.6 cm³/mol. The average Bonchev–Trinajstić information content (AvgIpc) is 2.06. The van der Waals surface area contributed by atoms with Crippen LogP contribution in [0, 0.1) is 0 Å². The first-order chi connectivity index (χ1) is 5.70. The molecule has 2 atom stereocenters. The minimum Gasteiger partial charge on any atom is -0.384 e. The van der Waals surface area contributed by atoms with Gasteiger partial charge in [-0.1, -0.05) is 12.2 Å². The van der Waals surface area contributed by atoms with Crippen LogP contribution >= 0.6 is 0 Å². The molecule has 0 aromatic rings. The van der Waals surface area contributed by atoms with E-state index in [-0.39, 0.29) is 11.9 Å². The van der Waals surface area contributed by atoms with Gasteiger partial charge in [-0.3, -0.25) is 4.79 Å². The maximum Gasteiger partial charge on any atom is 0.248 e. The SMILES string of the molecule is C[C@@H](O)C(=O)NC1CC=CCC1. The van der Waals surface area contributed by atoms with Gasteiger partial charge in [0.2, 0.25) is 5.91 Å². The van der Waals surface area contributed by atoms with Crippen LogP contribution in [0.2, 0.25) is 0 Å². The molecule has 0 aromatic carbocycles. The molecule has 0 fully saturated rings. The number of hydrogen-bond acceptors (Lipinski definition) is 2. The lowest BCUT2D eigenvalue weighted by atomic mass is 10.0. The molecule has 3 heteroatoms. The zero-order valence-corrected chi connectivity index (χ0v) is 7.29. The molecule has 0 radical (unpaired) electrons. The molecule has 1 rings (SSSR count). The highest BCUT2D eigenvalue weighted by atomic mass is 16.3. The number of aliphatic hydroxyl groups excluding tert-OH is 1. The van der Waals surface area contributed by atoms with Crippen molar-refractivity contribution in [2.45, 2.75) is 38.3 Å². The van der Waals surface area contributed by atoms with E-state index in [1.54, 1.807) is 0 Å². The molecule has 1 amide bonds. The number of nitrogens with one attached hydrogen (secondary N) is 1. The number of allylic oxidation sites excluding steroid dienone is 1. The number of carbonyl (C=O) groups is 1. The molecule has 0 aliphatic heterocycles. The summed E-state index contributed by atoms with van der Waals surface area (Å²) in [5.41, 5.74) is 0. The van der Waals surface area contributed by atoms with Crippen molar-refractivity contribution in [2.75, 3.05) is 0 Å². The number of rotatable bonds is 2. The second kappa shape index (κ2) is 4.26. The van der Waals surface area contributed by atoms with Gasteiger partial charge in [0.1, 0.15) is 6.10 Å². The van der Waals surface area contributed by atoms with Crippen LogP contribution in [0.25, 0.3) is 0 Å². The Morgan fingerprint density at radius 2 is 2.42 bits per heavy atom. The average molecular weight is 169 g/mol. The summed E-state index contributed by atoms with van der Waals surface area (Å²) in [6.07, 6.45) is 6.18. The highest BCUT2D eigenvalue weighted by Crippen LogP contribution is 2.10. The van der Waals surface area contributed by atoms with Crippen molar-refractivity contribution < 1.29 is 9.90 Å². The van der Waals surface area contributed by atoms with Crippen LogP contribution in [0.15, 0.2) is 12.2 Å². The van der Waals surface area contributed by atoms with Gasteiger partial charge in [-0.15, -0.1) is 0 Å². The van der Waals surface area contributed by atoms with E-state index < -0.39 is 6.10 Å². The van der Waals surface area contributed by atoms with Crippen LogP contribution in [-0.4, -0.2) is 23.2 Å². The van der Waals surface area contributed by atoms with E-state index in [1.807, 2.05) is 0 Å². The Morgan fingerprint density at radius 3 is 2.92 bits per heavy atom. The van der Waals surface area contributed by atoms with Crippen molar-refractivity contribution in [1.29, 1.82) is 0 Å². The Hall–Kier alpha value is -0.830. The summed E-state index contributed by atoms with van der Waals surface area (Å²) in [7, 11) is 0. The number of carbonyl (C=O) groups excluding carboxylic acids is 1. The Bertz CT molecular complexity index is 187. The monoisotopic (exact) mass is 169 g/mol. The van der Waals surface area contributed by atoms with Crippen LogP contribution in [0.3, 0.4) is 0 Å². The first kappa shape index (κ1) is 9.26. The van der Waals surface area contributed by atoms with Crippen molar-refractivity contribution in [2.24, 2.45) is 0 Å². The lowest BCUT2D eigenvalue weighted by Crippen LogP contribution is -2.40. The minimum absolute atomic E-state index is 0.220. The molecular weight excluding hydrogens is 154 g/mol. The second-order valence-electron chi connectivity index (χ2n) is 3.17. The Morgan fingerprint density at radius 1 is 1.67 bits per heavy atom. The number of aliphatic hydroxyl groups is 1. The van der Waals surface area contributed by atoms with E-state index in [0.29, 0.717) is 0 Å². The van der Waals surface area contributed by atoms with Crippen LogP contribution < -0.4 is 5.32 Å². The largest absolute Gasteiger partial charge is 0.384 e. The fraction of sp³-hybridized carbons (Fsp3) is 0.667. The molecule has 1 unspecified atom stereocenters. The van der Waals surface area contributed by atoms with Gasteiger partial charge < -0.3 is 10.4 Å². The molecule has 1 aliphatic rings. The third-order valence-corrected chi connectivity index (χ3v) is 1.99. The highest BCUT2D eigenvalue weighted by Gasteiger charge is 2.15. The van der Waals surface area contributed by atoms with Crippen LogP contribution in [0.5, 0.6) is 0 Å². The van der Waals surface area contributed by atoms with Gasteiger partial charge in [0, 0.05) is 6.04 Å². The van der Waals surface area contributed by atoms with E-state index in [0.717, 1.165) is 19.3 Å². The summed E-state index contributed by atoms with van der Waals surface area (Å²) in [5, 5.41) is 11.7.